The summed E-state index contributed by atoms with van der Waals surface area (Å²) in [5, 5.41) is 15.8. The molecule has 0 saturated heterocycles. The predicted octanol–water partition coefficient (Wildman–Crippen LogP) is 3.28. The van der Waals surface area contributed by atoms with Gasteiger partial charge in [-0.2, -0.15) is 5.10 Å². The van der Waals surface area contributed by atoms with E-state index in [4.69, 9.17) is 0 Å². The third-order valence-electron chi connectivity index (χ3n) is 3.54. The van der Waals surface area contributed by atoms with Crippen LogP contribution in [0.1, 0.15) is 32.3 Å². The molecule has 0 atom stereocenters. The third-order valence-corrected chi connectivity index (χ3v) is 4.34. The molecule has 1 aliphatic rings. The van der Waals surface area contributed by atoms with Crippen molar-refractivity contribution >= 4 is 33.5 Å². The highest BCUT2D eigenvalue weighted by Gasteiger charge is 2.24. The Hall–Kier alpha value is -0.620. The number of fused-ring (bicyclic) bond motifs is 1. The van der Waals surface area contributed by atoms with E-state index in [1.165, 1.54) is 18.4 Å². The molecule has 18 heavy (non-hydrogen) atoms. The van der Waals surface area contributed by atoms with E-state index in [1.54, 1.807) is 0 Å². The number of rotatable bonds is 3. The lowest BCUT2D eigenvalue weighted by Crippen LogP contribution is -2.15. The van der Waals surface area contributed by atoms with Crippen LogP contribution in [0.15, 0.2) is 18.2 Å². The van der Waals surface area contributed by atoms with Gasteiger partial charge in [0.25, 0.3) is 0 Å². The van der Waals surface area contributed by atoms with Crippen molar-refractivity contribution in [1.29, 1.82) is 0 Å². The van der Waals surface area contributed by atoms with Crippen LogP contribution in [0.3, 0.4) is 0 Å². The summed E-state index contributed by atoms with van der Waals surface area (Å²) in [6.45, 7) is 4.66. The summed E-state index contributed by atoms with van der Waals surface area (Å²) in [7, 11) is 0. The minimum absolute atomic E-state index is 0.796. The molecule has 96 valence electrons. The fraction of sp³-hybridized carbons (Fsp3) is 0.500. The average Bonchev–Trinajstić information content (AvgIpc) is 3.04. The first-order chi connectivity index (χ1) is 8.45. The summed E-state index contributed by atoms with van der Waals surface area (Å²) < 4.78 is 3.14. The molecule has 1 aliphatic carbocycles. The van der Waals surface area contributed by atoms with Gasteiger partial charge in [-0.3, -0.25) is 4.68 Å². The lowest BCUT2D eigenvalue weighted by atomic mass is 9.97. The summed E-state index contributed by atoms with van der Waals surface area (Å²) >= 11 is 2.28. The molecule has 0 spiro atoms. The number of aliphatic hydroxyl groups is 1. The van der Waals surface area contributed by atoms with Crippen LogP contribution in [0.5, 0.6) is 0 Å². The standard InChI is InChI=1S/C14H17IN2O/c1-14(2,18)10-5-6-12-11(7-10)13(15)16-17(12)8-9-3-4-9/h5-7,9,18H,3-4,8H2,1-2H3. The number of halogens is 1. The summed E-state index contributed by atoms with van der Waals surface area (Å²) in [5.74, 6) is 0.817. The topological polar surface area (TPSA) is 38.1 Å². The molecule has 1 fully saturated rings. The van der Waals surface area contributed by atoms with Gasteiger partial charge in [-0.1, -0.05) is 6.07 Å². The highest BCUT2D eigenvalue weighted by Crippen LogP contribution is 2.33. The van der Waals surface area contributed by atoms with Crippen LogP contribution >= 0.6 is 22.6 Å². The second kappa shape index (κ2) is 4.20. The first-order valence-electron chi connectivity index (χ1n) is 6.34. The van der Waals surface area contributed by atoms with E-state index in [0.29, 0.717) is 0 Å². The Bertz CT molecular complexity index is 594. The number of nitrogens with zero attached hydrogens (tertiary/aromatic N) is 2. The second-order valence-electron chi connectivity index (χ2n) is 5.71. The first-order valence-corrected chi connectivity index (χ1v) is 7.42. The number of aromatic nitrogens is 2. The molecule has 0 bridgehead atoms. The van der Waals surface area contributed by atoms with Gasteiger partial charge in [0, 0.05) is 11.9 Å². The Morgan fingerprint density at radius 1 is 1.44 bits per heavy atom. The van der Waals surface area contributed by atoms with Crippen molar-refractivity contribution in [3.8, 4) is 0 Å². The van der Waals surface area contributed by atoms with E-state index in [9.17, 15) is 5.11 Å². The monoisotopic (exact) mass is 356 g/mol. The summed E-state index contributed by atoms with van der Waals surface area (Å²) in [6.07, 6.45) is 2.67. The van der Waals surface area contributed by atoms with E-state index in [0.717, 1.165) is 27.1 Å². The lowest BCUT2D eigenvalue weighted by Gasteiger charge is -2.17. The highest BCUT2D eigenvalue weighted by molar-refractivity contribution is 14.1. The molecule has 3 nitrogen and oxygen atoms in total. The molecule has 0 aliphatic heterocycles. The predicted molar refractivity (Wildman–Crippen MR) is 80.4 cm³/mol. The minimum atomic E-state index is -0.796. The highest BCUT2D eigenvalue weighted by atomic mass is 127. The van der Waals surface area contributed by atoms with E-state index in [1.807, 2.05) is 19.9 Å². The SMILES string of the molecule is CC(C)(O)c1ccc2c(c1)c(I)nn2CC1CC1. The fourth-order valence-corrected chi connectivity index (χ4v) is 2.90. The molecule has 0 amide bonds. The molecule has 1 N–H and O–H groups in total. The maximum atomic E-state index is 10.1. The molecule has 1 aromatic carbocycles. The van der Waals surface area contributed by atoms with Crippen LogP contribution in [0.25, 0.3) is 10.9 Å². The molecule has 0 unspecified atom stereocenters. The lowest BCUT2D eigenvalue weighted by molar-refractivity contribution is 0.0787. The van der Waals surface area contributed by atoms with E-state index < -0.39 is 5.60 Å². The Morgan fingerprint density at radius 3 is 2.78 bits per heavy atom. The van der Waals surface area contributed by atoms with Crippen molar-refractivity contribution in [2.24, 2.45) is 5.92 Å². The first kappa shape index (κ1) is 12.4. The van der Waals surface area contributed by atoms with Crippen LogP contribution in [0.4, 0.5) is 0 Å². The molecular formula is C14H17IN2O. The van der Waals surface area contributed by atoms with Gasteiger partial charge in [-0.05, 0) is 72.9 Å². The van der Waals surface area contributed by atoms with Crippen molar-refractivity contribution in [2.45, 2.75) is 38.8 Å². The molecule has 2 aromatic rings. The Balaban J connectivity index is 2.08. The van der Waals surface area contributed by atoms with Gasteiger partial charge >= 0.3 is 0 Å². The van der Waals surface area contributed by atoms with Crippen LogP contribution in [-0.2, 0) is 12.1 Å². The maximum absolute atomic E-state index is 10.1. The van der Waals surface area contributed by atoms with Gasteiger partial charge < -0.3 is 5.11 Å². The maximum Gasteiger partial charge on any atom is 0.131 e. The van der Waals surface area contributed by atoms with Crippen molar-refractivity contribution < 1.29 is 5.11 Å². The van der Waals surface area contributed by atoms with Crippen LogP contribution in [0, 0.1) is 9.62 Å². The van der Waals surface area contributed by atoms with Gasteiger partial charge in [0.1, 0.15) is 3.70 Å². The van der Waals surface area contributed by atoms with Crippen molar-refractivity contribution in [1.82, 2.24) is 9.78 Å². The van der Waals surface area contributed by atoms with Crippen LogP contribution < -0.4 is 0 Å². The molecule has 3 rings (SSSR count). The zero-order valence-corrected chi connectivity index (χ0v) is 12.8. The summed E-state index contributed by atoms with van der Waals surface area (Å²) in [5.41, 5.74) is 1.33. The van der Waals surface area contributed by atoms with Gasteiger partial charge in [0.15, 0.2) is 0 Å². The Kier molecular flexibility index (Phi) is 2.90. The van der Waals surface area contributed by atoms with Gasteiger partial charge in [-0.25, -0.2) is 0 Å². The van der Waals surface area contributed by atoms with E-state index in [2.05, 4.69) is 44.5 Å². The normalized spacial score (nSPS) is 16.4. The van der Waals surface area contributed by atoms with Crippen molar-refractivity contribution in [3.63, 3.8) is 0 Å². The number of hydrogen-bond donors (Lipinski definition) is 1. The molecular weight excluding hydrogens is 339 g/mol. The summed E-state index contributed by atoms with van der Waals surface area (Å²) in [4.78, 5) is 0. The third kappa shape index (κ3) is 2.28. The number of hydrogen-bond acceptors (Lipinski definition) is 2. The quantitative estimate of drug-likeness (QED) is 0.858. The number of benzene rings is 1. The largest absolute Gasteiger partial charge is 0.386 e. The average molecular weight is 356 g/mol. The van der Waals surface area contributed by atoms with E-state index in [-0.39, 0.29) is 0 Å². The van der Waals surface area contributed by atoms with Crippen molar-refractivity contribution in [3.05, 3.63) is 27.5 Å². The Morgan fingerprint density at radius 2 is 2.17 bits per heavy atom. The molecule has 0 radical (unpaired) electrons. The molecule has 1 saturated carbocycles. The smallest absolute Gasteiger partial charge is 0.131 e. The van der Waals surface area contributed by atoms with E-state index >= 15 is 0 Å². The van der Waals surface area contributed by atoms with Gasteiger partial charge in [0.2, 0.25) is 0 Å². The molecule has 1 heterocycles. The van der Waals surface area contributed by atoms with Crippen LogP contribution in [0.2, 0.25) is 0 Å². The fourth-order valence-electron chi connectivity index (χ4n) is 2.20. The van der Waals surface area contributed by atoms with Crippen LogP contribution in [-0.4, -0.2) is 14.9 Å². The molecule has 1 aromatic heterocycles. The molecule has 4 heteroatoms. The Labute approximate surface area is 120 Å². The zero-order valence-electron chi connectivity index (χ0n) is 10.7. The summed E-state index contributed by atoms with van der Waals surface area (Å²) in [6, 6.07) is 6.15. The van der Waals surface area contributed by atoms with Crippen molar-refractivity contribution in [2.75, 3.05) is 0 Å². The van der Waals surface area contributed by atoms with Gasteiger partial charge in [-0.15, -0.1) is 0 Å². The zero-order chi connectivity index (χ0) is 12.9. The van der Waals surface area contributed by atoms with Gasteiger partial charge in [0.05, 0.1) is 11.1 Å². The second-order valence-corrected chi connectivity index (χ2v) is 6.73. The minimum Gasteiger partial charge on any atom is -0.386 e.